The molecule has 0 radical (unpaired) electrons. The van der Waals surface area contributed by atoms with Crippen LogP contribution in [0.2, 0.25) is 10.0 Å². The summed E-state index contributed by atoms with van der Waals surface area (Å²) in [6.45, 7) is 4.62. The third-order valence-electron chi connectivity index (χ3n) is 4.46. The molecule has 134 valence electrons. The number of hydrogen-bond donors (Lipinski definition) is 0. The lowest BCUT2D eigenvalue weighted by Crippen LogP contribution is -2.46. The predicted octanol–water partition coefficient (Wildman–Crippen LogP) is 3.29. The van der Waals surface area contributed by atoms with E-state index in [-0.39, 0.29) is 0 Å². The fourth-order valence-electron chi connectivity index (χ4n) is 3.04. The van der Waals surface area contributed by atoms with Gasteiger partial charge in [-0.3, -0.25) is 4.90 Å². The number of halogens is 2. The molecule has 3 aromatic rings. The van der Waals surface area contributed by atoms with Crippen molar-refractivity contribution in [2.45, 2.75) is 6.54 Å². The molecule has 0 spiro atoms. The number of rotatable bonds is 4. The van der Waals surface area contributed by atoms with Gasteiger partial charge in [-0.25, -0.2) is 4.68 Å². The molecule has 0 aliphatic carbocycles. The van der Waals surface area contributed by atoms with Gasteiger partial charge in [0.1, 0.15) is 0 Å². The van der Waals surface area contributed by atoms with Crippen molar-refractivity contribution in [2.75, 3.05) is 31.1 Å². The van der Waals surface area contributed by atoms with Gasteiger partial charge in [-0.05, 0) is 35.9 Å². The highest BCUT2D eigenvalue weighted by atomic mass is 35.5. The maximum absolute atomic E-state index is 6.10. The van der Waals surface area contributed by atoms with E-state index in [4.69, 9.17) is 23.2 Å². The predicted molar refractivity (Wildman–Crippen MR) is 103 cm³/mol. The number of piperazine rings is 1. The normalized spacial score (nSPS) is 15.4. The minimum Gasteiger partial charge on any atom is -0.353 e. The van der Waals surface area contributed by atoms with Gasteiger partial charge in [-0.2, -0.15) is 5.10 Å². The van der Waals surface area contributed by atoms with E-state index in [1.165, 1.54) is 5.56 Å². The van der Waals surface area contributed by atoms with Crippen molar-refractivity contribution in [1.82, 2.24) is 24.9 Å². The molecule has 1 aliphatic heterocycles. The molecule has 4 rings (SSSR count). The first-order chi connectivity index (χ1) is 12.7. The van der Waals surface area contributed by atoms with Gasteiger partial charge in [0, 0.05) is 45.1 Å². The fraction of sp³-hybridized carbons (Fsp3) is 0.278. The second-order valence-electron chi connectivity index (χ2n) is 6.21. The van der Waals surface area contributed by atoms with E-state index >= 15 is 0 Å². The van der Waals surface area contributed by atoms with Crippen molar-refractivity contribution >= 4 is 29.0 Å². The number of hydrogen-bond acceptors (Lipinski definition) is 5. The largest absolute Gasteiger partial charge is 0.353 e. The Bertz CT molecular complexity index is 858. The van der Waals surface area contributed by atoms with Crippen molar-refractivity contribution in [1.29, 1.82) is 0 Å². The zero-order valence-electron chi connectivity index (χ0n) is 14.1. The summed E-state index contributed by atoms with van der Waals surface area (Å²) in [4.78, 5) is 4.66. The van der Waals surface area contributed by atoms with E-state index in [0.29, 0.717) is 10.0 Å². The van der Waals surface area contributed by atoms with Crippen LogP contribution in [0.15, 0.2) is 48.8 Å². The average molecular weight is 389 g/mol. The molecule has 1 aromatic carbocycles. The SMILES string of the molecule is Clc1ccc(CN2CCN(c3ccc(-n4cccn4)nn3)CC2)cc1Cl. The molecule has 2 aromatic heterocycles. The van der Waals surface area contributed by atoms with Crippen LogP contribution in [0.4, 0.5) is 5.82 Å². The lowest BCUT2D eigenvalue weighted by Gasteiger charge is -2.35. The van der Waals surface area contributed by atoms with Crippen LogP contribution in [0, 0.1) is 0 Å². The Morgan fingerprint density at radius 3 is 2.31 bits per heavy atom. The third-order valence-corrected chi connectivity index (χ3v) is 5.20. The summed E-state index contributed by atoms with van der Waals surface area (Å²) >= 11 is 12.1. The first kappa shape index (κ1) is 17.3. The standard InChI is InChI=1S/C18H18Cl2N6/c19-15-3-2-14(12-16(15)20)13-24-8-10-25(11-9-24)17-4-5-18(23-22-17)26-7-1-6-21-26/h1-7,12H,8-11,13H2. The summed E-state index contributed by atoms with van der Waals surface area (Å²) in [5.74, 6) is 1.62. The lowest BCUT2D eigenvalue weighted by molar-refractivity contribution is 0.249. The summed E-state index contributed by atoms with van der Waals surface area (Å²) in [6.07, 6.45) is 3.58. The quantitative estimate of drug-likeness (QED) is 0.686. The zero-order chi connectivity index (χ0) is 17.9. The average Bonchev–Trinajstić information content (AvgIpc) is 3.20. The smallest absolute Gasteiger partial charge is 0.175 e. The number of anilines is 1. The minimum absolute atomic E-state index is 0.595. The van der Waals surface area contributed by atoms with Crippen LogP contribution in [0.25, 0.3) is 5.82 Å². The van der Waals surface area contributed by atoms with E-state index in [1.807, 2.05) is 42.6 Å². The maximum atomic E-state index is 6.10. The van der Waals surface area contributed by atoms with Crippen LogP contribution in [-0.4, -0.2) is 51.1 Å². The van der Waals surface area contributed by atoms with Gasteiger partial charge in [0.25, 0.3) is 0 Å². The molecule has 1 aliphatic rings. The fourth-order valence-corrected chi connectivity index (χ4v) is 3.37. The molecule has 26 heavy (non-hydrogen) atoms. The van der Waals surface area contributed by atoms with Crippen LogP contribution in [0.3, 0.4) is 0 Å². The van der Waals surface area contributed by atoms with Crippen LogP contribution < -0.4 is 4.90 Å². The molecule has 0 atom stereocenters. The van der Waals surface area contributed by atoms with Gasteiger partial charge < -0.3 is 4.90 Å². The van der Waals surface area contributed by atoms with E-state index in [2.05, 4.69) is 25.1 Å². The molecule has 0 bridgehead atoms. The van der Waals surface area contributed by atoms with E-state index in [1.54, 1.807) is 10.9 Å². The first-order valence-electron chi connectivity index (χ1n) is 8.44. The zero-order valence-corrected chi connectivity index (χ0v) is 15.6. The Labute approximate surface area is 162 Å². The minimum atomic E-state index is 0.595. The Balaban J connectivity index is 1.35. The third kappa shape index (κ3) is 3.82. The van der Waals surface area contributed by atoms with Gasteiger partial charge in [0.2, 0.25) is 0 Å². The number of benzene rings is 1. The van der Waals surface area contributed by atoms with Crippen LogP contribution in [-0.2, 0) is 6.54 Å². The van der Waals surface area contributed by atoms with Gasteiger partial charge in [-0.1, -0.05) is 29.3 Å². The summed E-state index contributed by atoms with van der Waals surface area (Å²) in [5, 5.41) is 14.0. The summed E-state index contributed by atoms with van der Waals surface area (Å²) in [7, 11) is 0. The van der Waals surface area contributed by atoms with Gasteiger partial charge in [0.05, 0.1) is 10.0 Å². The number of nitrogens with zero attached hydrogens (tertiary/aromatic N) is 6. The lowest BCUT2D eigenvalue weighted by atomic mass is 10.2. The highest BCUT2D eigenvalue weighted by Crippen LogP contribution is 2.23. The molecule has 0 amide bonds. The van der Waals surface area contributed by atoms with Crippen molar-refractivity contribution in [2.24, 2.45) is 0 Å². The first-order valence-corrected chi connectivity index (χ1v) is 9.19. The molecule has 0 saturated carbocycles. The Morgan fingerprint density at radius 1 is 0.885 bits per heavy atom. The highest BCUT2D eigenvalue weighted by Gasteiger charge is 2.19. The highest BCUT2D eigenvalue weighted by molar-refractivity contribution is 6.42. The molecule has 8 heteroatoms. The van der Waals surface area contributed by atoms with E-state index in [0.717, 1.165) is 44.4 Å². The topological polar surface area (TPSA) is 50.1 Å². The van der Waals surface area contributed by atoms with Gasteiger partial charge >= 0.3 is 0 Å². The van der Waals surface area contributed by atoms with E-state index in [9.17, 15) is 0 Å². The van der Waals surface area contributed by atoms with Gasteiger partial charge in [-0.15, -0.1) is 10.2 Å². The molecule has 0 unspecified atom stereocenters. The Morgan fingerprint density at radius 2 is 1.65 bits per heavy atom. The molecule has 0 N–H and O–H groups in total. The molecular formula is C18H18Cl2N6. The van der Waals surface area contributed by atoms with Gasteiger partial charge in [0.15, 0.2) is 11.6 Å². The Hall–Kier alpha value is -2.15. The van der Waals surface area contributed by atoms with Crippen LogP contribution in [0.5, 0.6) is 0 Å². The molecule has 1 fully saturated rings. The van der Waals surface area contributed by atoms with Crippen molar-refractivity contribution in [3.05, 3.63) is 64.4 Å². The monoisotopic (exact) mass is 388 g/mol. The van der Waals surface area contributed by atoms with Crippen molar-refractivity contribution in [3.8, 4) is 5.82 Å². The molecular weight excluding hydrogens is 371 g/mol. The summed E-state index contributed by atoms with van der Waals surface area (Å²) in [6, 6.07) is 11.6. The maximum Gasteiger partial charge on any atom is 0.175 e. The summed E-state index contributed by atoms with van der Waals surface area (Å²) < 4.78 is 1.70. The Kier molecular flexibility index (Phi) is 5.06. The second kappa shape index (κ2) is 7.61. The van der Waals surface area contributed by atoms with Crippen molar-refractivity contribution < 1.29 is 0 Å². The molecule has 6 nitrogen and oxygen atoms in total. The second-order valence-corrected chi connectivity index (χ2v) is 7.03. The van der Waals surface area contributed by atoms with E-state index < -0.39 is 0 Å². The van der Waals surface area contributed by atoms with Crippen molar-refractivity contribution in [3.63, 3.8) is 0 Å². The molecule has 1 saturated heterocycles. The van der Waals surface area contributed by atoms with Crippen LogP contribution >= 0.6 is 23.2 Å². The number of aromatic nitrogens is 4. The summed E-state index contributed by atoms with van der Waals surface area (Å²) in [5.41, 5.74) is 1.18. The van der Waals surface area contributed by atoms with Crippen LogP contribution in [0.1, 0.15) is 5.56 Å². The molecule has 3 heterocycles.